The number of piperazine rings is 1. The minimum absolute atomic E-state index is 0.0515. The summed E-state index contributed by atoms with van der Waals surface area (Å²) in [6.07, 6.45) is 1.37. The topological polar surface area (TPSA) is 76.8 Å². The molecule has 0 radical (unpaired) electrons. The Morgan fingerprint density at radius 3 is 2.44 bits per heavy atom. The van der Waals surface area contributed by atoms with E-state index >= 15 is 0 Å². The summed E-state index contributed by atoms with van der Waals surface area (Å²) in [5, 5.41) is 0. The molecule has 1 amide bonds. The van der Waals surface area contributed by atoms with Gasteiger partial charge in [0.15, 0.2) is 0 Å². The highest BCUT2D eigenvalue weighted by Gasteiger charge is 2.21. The molecule has 0 aliphatic carbocycles. The van der Waals surface area contributed by atoms with Crippen LogP contribution in [-0.4, -0.2) is 64.2 Å². The molecule has 0 atom stereocenters. The minimum atomic E-state index is -0.479. The Morgan fingerprint density at radius 1 is 1.04 bits per heavy atom. The van der Waals surface area contributed by atoms with Crippen molar-refractivity contribution in [2.45, 2.75) is 6.54 Å². The van der Waals surface area contributed by atoms with Gasteiger partial charge in [-0.05, 0) is 12.1 Å². The average Bonchev–Trinajstić information content (AvgIpc) is 2.70. The fourth-order valence-corrected chi connectivity index (χ4v) is 3.01. The van der Waals surface area contributed by atoms with Crippen LogP contribution in [0.15, 0.2) is 52.2 Å². The van der Waals surface area contributed by atoms with Crippen molar-refractivity contribution in [1.82, 2.24) is 18.9 Å². The Morgan fingerprint density at radius 2 is 1.74 bits per heavy atom. The molecule has 1 fully saturated rings. The molecule has 0 spiro atoms. The first kappa shape index (κ1) is 18.9. The van der Waals surface area contributed by atoms with Crippen molar-refractivity contribution in [2.24, 2.45) is 7.05 Å². The molecule has 0 unspecified atom stereocenters. The summed E-state index contributed by atoms with van der Waals surface area (Å²) in [4.78, 5) is 39.9. The van der Waals surface area contributed by atoms with E-state index < -0.39 is 5.69 Å². The Balaban J connectivity index is 1.45. The zero-order valence-corrected chi connectivity index (χ0v) is 15.4. The van der Waals surface area contributed by atoms with Crippen molar-refractivity contribution in [3.8, 4) is 5.75 Å². The van der Waals surface area contributed by atoms with E-state index in [0.29, 0.717) is 19.7 Å². The molecule has 144 valence electrons. The second-order valence-electron chi connectivity index (χ2n) is 6.51. The lowest BCUT2D eigenvalue weighted by molar-refractivity contribution is -0.133. The molecular weight excluding hydrogens is 348 g/mol. The first-order valence-electron chi connectivity index (χ1n) is 8.99. The van der Waals surface area contributed by atoms with Crippen LogP contribution < -0.4 is 16.0 Å². The number of ether oxygens (including phenoxy) is 1. The van der Waals surface area contributed by atoms with Crippen LogP contribution in [0.25, 0.3) is 0 Å². The number of hydrogen-bond donors (Lipinski definition) is 0. The number of hydrogen-bond acceptors (Lipinski definition) is 5. The molecule has 27 heavy (non-hydrogen) atoms. The van der Waals surface area contributed by atoms with Gasteiger partial charge in [0, 0.05) is 52.0 Å². The number of nitrogens with zero attached hydrogens (tertiary/aromatic N) is 4. The molecule has 3 rings (SSSR count). The maximum atomic E-state index is 12.5. The van der Waals surface area contributed by atoms with Gasteiger partial charge in [-0.2, -0.15) is 0 Å². The molecule has 0 saturated carbocycles. The van der Waals surface area contributed by atoms with Crippen LogP contribution in [0.3, 0.4) is 0 Å². The largest absolute Gasteiger partial charge is 0.492 e. The van der Waals surface area contributed by atoms with E-state index in [1.165, 1.54) is 23.9 Å². The number of benzene rings is 1. The van der Waals surface area contributed by atoms with Crippen LogP contribution in [0.1, 0.15) is 0 Å². The summed E-state index contributed by atoms with van der Waals surface area (Å²) in [6.45, 7) is 4.13. The van der Waals surface area contributed by atoms with E-state index in [4.69, 9.17) is 4.74 Å². The van der Waals surface area contributed by atoms with Crippen LogP contribution in [0.5, 0.6) is 5.75 Å². The SMILES string of the molecule is Cn1c(=O)ccn(CC(=O)N2CCN(CCOc3ccccc3)CC2)c1=O. The zero-order chi connectivity index (χ0) is 19.2. The van der Waals surface area contributed by atoms with Crippen LogP contribution in [0.4, 0.5) is 0 Å². The number of carbonyl (C=O) groups is 1. The number of para-hydroxylation sites is 1. The number of carbonyl (C=O) groups excluding carboxylic acids is 1. The standard InChI is InChI=1S/C19H24N4O4/c1-20-17(24)7-8-23(19(20)26)15-18(25)22-11-9-21(10-12-22)13-14-27-16-5-3-2-4-6-16/h2-8H,9-15H2,1H3. The lowest BCUT2D eigenvalue weighted by Crippen LogP contribution is -2.51. The van der Waals surface area contributed by atoms with Gasteiger partial charge in [-0.3, -0.25) is 23.6 Å². The summed E-state index contributed by atoms with van der Waals surface area (Å²) < 4.78 is 7.97. The van der Waals surface area contributed by atoms with E-state index in [2.05, 4.69) is 4.90 Å². The lowest BCUT2D eigenvalue weighted by atomic mass is 10.3. The van der Waals surface area contributed by atoms with E-state index in [1.807, 2.05) is 30.3 Å². The molecule has 1 aliphatic heterocycles. The van der Waals surface area contributed by atoms with E-state index in [1.54, 1.807) is 4.90 Å². The zero-order valence-electron chi connectivity index (χ0n) is 15.4. The Bertz CT molecular complexity index is 883. The first-order valence-corrected chi connectivity index (χ1v) is 8.99. The van der Waals surface area contributed by atoms with Gasteiger partial charge in [-0.15, -0.1) is 0 Å². The minimum Gasteiger partial charge on any atom is -0.492 e. The molecule has 2 heterocycles. The van der Waals surface area contributed by atoms with Gasteiger partial charge in [0.1, 0.15) is 18.9 Å². The first-order chi connectivity index (χ1) is 13.0. The predicted molar refractivity (Wildman–Crippen MR) is 101 cm³/mol. The summed E-state index contributed by atoms with van der Waals surface area (Å²) >= 11 is 0. The van der Waals surface area contributed by atoms with Crippen molar-refractivity contribution in [3.05, 3.63) is 63.4 Å². The summed E-state index contributed by atoms with van der Waals surface area (Å²) in [7, 11) is 1.40. The smallest absolute Gasteiger partial charge is 0.331 e. The van der Waals surface area contributed by atoms with Crippen LogP contribution in [-0.2, 0) is 18.4 Å². The van der Waals surface area contributed by atoms with Crippen molar-refractivity contribution in [3.63, 3.8) is 0 Å². The second kappa shape index (κ2) is 8.68. The lowest BCUT2D eigenvalue weighted by Gasteiger charge is -2.34. The van der Waals surface area contributed by atoms with Gasteiger partial charge in [-0.1, -0.05) is 18.2 Å². The molecule has 8 heteroatoms. The molecule has 1 aliphatic rings. The van der Waals surface area contributed by atoms with Crippen molar-refractivity contribution in [1.29, 1.82) is 0 Å². The quantitative estimate of drug-likeness (QED) is 0.700. The van der Waals surface area contributed by atoms with Gasteiger partial charge in [0.05, 0.1) is 0 Å². The van der Waals surface area contributed by atoms with Crippen molar-refractivity contribution in [2.75, 3.05) is 39.3 Å². The monoisotopic (exact) mass is 372 g/mol. The maximum Gasteiger partial charge on any atom is 0.331 e. The van der Waals surface area contributed by atoms with Gasteiger partial charge in [0.2, 0.25) is 5.91 Å². The normalized spacial score (nSPS) is 14.9. The Kier molecular flexibility index (Phi) is 6.08. The van der Waals surface area contributed by atoms with Gasteiger partial charge in [-0.25, -0.2) is 4.79 Å². The molecule has 1 saturated heterocycles. The maximum absolute atomic E-state index is 12.5. The van der Waals surface area contributed by atoms with Gasteiger partial charge in [0.25, 0.3) is 5.56 Å². The highest BCUT2D eigenvalue weighted by atomic mass is 16.5. The van der Waals surface area contributed by atoms with Crippen LogP contribution >= 0.6 is 0 Å². The molecule has 8 nitrogen and oxygen atoms in total. The van der Waals surface area contributed by atoms with E-state index in [0.717, 1.165) is 30.0 Å². The van der Waals surface area contributed by atoms with Gasteiger partial charge >= 0.3 is 5.69 Å². The molecule has 2 aromatic rings. The second-order valence-corrected chi connectivity index (χ2v) is 6.51. The number of aromatic nitrogens is 2. The molecule has 0 bridgehead atoms. The average molecular weight is 372 g/mol. The fourth-order valence-electron chi connectivity index (χ4n) is 3.01. The van der Waals surface area contributed by atoms with Crippen molar-refractivity contribution >= 4 is 5.91 Å². The third kappa shape index (κ3) is 4.85. The fraction of sp³-hybridized carbons (Fsp3) is 0.421. The van der Waals surface area contributed by atoms with Crippen LogP contribution in [0.2, 0.25) is 0 Å². The third-order valence-electron chi connectivity index (χ3n) is 4.71. The summed E-state index contributed by atoms with van der Waals surface area (Å²) in [5.41, 5.74) is -0.859. The van der Waals surface area contributed by atoms with E-state index in [9.17, 15) is 14.4 Å². The predicted octanol–water partition coefficient (Wildman–Crippen LogP) is -0.230. The van der Waals surface area contributed by atoms with Crippen LogP contribution in [0, 0.1) is 0 Å². The summed E-state index contributed by atoms with van der Waals surface area (Å²) in [5.74, 6) is 0.741. The highest BCUT2D eigenvalue weighted by molar-refractivity contribution is 5.76. The number of rotatable bonds is 6. The molecule has 0 N–H and O–H groups in total. The third-order valence-corrected chi connectivity index (χ3v) is 4.71. The highest BCUT2D eigenvalue weighted by Crippen LogP contribution is 2.09. The van der Waals surface area contributed by atoms with Gasteiger partial charge < -0.3 is 9.64 Å². The molecule has 1 aromatic carbocycles. The Labute approximate surface area is 157 Å². The Hall–Kier alpha value is -2.87. The molecule has 1 aromatic heterocycles. The number of amides is 1. The van der Waals surface area contributed by atoms with E-state index in [-0.39, 0.29) is 18.0 Å². The van der Waals surface area contributed by atoms with Crippen molar-refractivity contribution < 1.29 is 9.53 Å². The summed E-state index contributed by atoms with van der Waals surface area (Å²) in [6, 6.07) is 11.0. The molecular formula is C19H24N4O4.